The van der Waals surface area contributed by atoms with Crippen LogP contribution >= 0.6 is 7.82 Å². The van der Waals surface area contributed by atoms with Gasteiger partial charge in [0.25, 0.3) is 0 Å². The first-order valence-electron chi connectivity index (χ1n) is 23.9. The molecule has 0 aromatic heterocycles. The van der Waals surface area contributed by atoms with Crippen LogP contribution in [0.3, 0.4) is 0 Å². The topological polar surface area (TPSA) is 105 Å². The third kappa shape index (κ3) is 42.6. The minimum Gasteiger partial charge on any atom is -0.387 e. The lowest BCUT2D eigenvalue weighted by atomic mass is 10.0. The van der Waals surface area contributed by atoms with E-state index < -0.39 is 20.0 Å². The van der Waals surface area contributed by atoms with Crippen molar-refractivity contribution in [3.8, 4) is 0 Å². The molecule has 0 aliphatic rings. The number of phosphoric acid groups is 1. The van der Waals surface area contributed by atoms with E-state index >= 15 is 0 Å². The normalized spacial score (nSPS) is 14.6. The third-order valence-electron chi connectivity index (χ3n) is 10.6. The summed E-state index contributed by atoms with van der Waals surface area (Å²) in [4.78, 5) is 23.1. The number of unbranched alkanes of at least 4 members (excludes halogenated alkanes) is 26. The highest BCUT2D eigenvalue weighted by atomic mass is 31.2. The molecule has 0 radical (unpaired) electrons. The van der Waals surface area contributed by atoms with Gasteiger partial charge < -0.3 is 19.8 Å². The lowest BCUT2D eigenvalue weighted by Gasteiger charge is -2.25. The Bertz CT molecular complexity index is 1030. The van der Waals surface area contributed by atoms with Crippen LogP contribution in [0.5, 0.6) is 0 Å². The first-order valence-corrected chi connectivity index (χ1v) is 25.4. The molecule has 0 fully saturated rings. The van der Waals surface area contributed by atoms with Gasteiger partial charge in [-0.25, -0.2) is 4.57 Å². The summed E-state index contributed by atoms with van der Waals surface area (Å²) in [7, 11) is 1.57. The molecule has 336 valence electrons. The van der Waals surface area contributed by atoms with E-state index in [1.165, 1.54) is 148 Å². The zero-order valence-electron chi connectivity index (χ0n) is 38.1. The van der Waals surface area contributed by atoms with Gasteiger partial charge in [0.2, 0.25) is 5.91 Å². The van der Waals surface area contributed by atoms with E-state index in [0.29, 0.717) is 17.4 Å². The van der Waals surface area contributed by atoms with Gasteiger partial charge >= 0.3 is 7.82 Å². The molecular weight excluding hydrogens is 732 g/mol. The Labute approximate surface area is 353 Å². The molecule has 0 saturated carbocycles. The summed E-state index contributed by atoms with van der Waals surface area (Å²) in [5, 5.41) is 13.8. The zero-order valence-corrected chi connectivity index (χ0v) is 39.0. The molecule has 1 amide bonds. The van der Waals surface area contributed by atoms with Crippen molar-refractivity contribution in [3.05, 3.63) is 36.5 Å². The molecule has 0 spiro atoms. The lowest BCUT2D eigenvalue weighted by Crippen LogP contribution is -2.45. The summed E-state index contributed by atoms with van der Waals surface area (Å²) in [5.74, 6) is -0.180. The molecule has 0 aliphatic heterocycles. The number of carbonyl (C=O) groups excluding carboxylic acids is 1. The van der Waals surface area contributed by atoms with Crippen LogP contribution in [0.1, 0.15) is 213 Å². The predicted octanol–water partition coefficient (Wildman–Crippen LogP) is 13.5. The lowest BCUT2D eigenvalue weighted by molar-refractivity contribution is -0.870. The molecule has 0 bridgehead atoms. The van der Waals surface area contributed by atoms with Crippen LogP contribution in [0.15, 0.2) is 36.5 Å². The second-order valence-corrected chi connectivity index (χ2v) is 18.9. The monoisotopic (exact) mass is 826 g/mol. The number of quaternary nitrogens is 1. The van der Waals surface area contributed by atoms with Gasteiger partial charge in [0.15, 0.2) is 0 Å². The zero-order chi connectivity index (χ0) is 42.1. The molecule has 3 atom stereocenters. The van der Waals surface area contributed by atoms with Crippen molar-refractivity contribution in [3.63, 3.8) is 0 Å². The van der Waals surface area contributed by atoms with Crippen LogP contribution < -0.4 is 5.32 Å². The van der Waals surface area contributed by atoms with Crippen LogP contribution in [0.25, 0.3) is 0 Å². The average Bonchev–Trinajstić information content (AvgIpc) is 3.16. The van der Waals surface area contributed by atoms with E-state index in [1.807, 2.05) is 27.2 Å². The quantitative estimate of drug-likeness (QED) is 0.0245. The summed E-state index contributed by atoms with van der Waals surface area (Å²) in [6.07, 6.45) is 49.3. The van der Waals surface area contributed by atoms with Gasteiger partial charge in [0, 0.05) is 6.42 Å². The summed E-state index contributed by atoms with van der Waals surface area (Å²) in [5.41, 5.74) is 0. The van der Waals surface area contributed by atoms with Gasteiger partial charge in [-0.15, -0.1) is 0 Å². The number of allylic oxidation sites excluding steroid dienone is 5. The minimum absolute atomic E-state index is 0.0611. The fourth-order valence-corrected chi connectivity index (χ4v) is 7.51. The third-order valence-corrected chi connectivity index (χ3v) is 11.6. The van der Waals surface area contributed by atoms with Crippen LogP contribution in [0, 0.1) is 0 Å². The Hall–Kier alpha value is -1.28. The van der Waals surface area contributed by atoms with Crippen molar-refractivity contribution in [2.45, 2.75) is 225 Å². The number of phosphoric ester groups is 1. The Morgan fingerprint density at radius 2 is 1.00 bits per heavy atom. The van der Waals surface area contributed by atoms with Crippen molar-refractivity contribution in [2.24, 2.45) is 0 Å². The number of rotatable bonds is 43. The number of nitrogens with zero attached hydrogens (tertiary/aromatic N) is 1. The second-order valence-electron chi connectivity index (χ2n) is 17.5. The summed E-state index contributed by atoms with van der Waals surface area (Å²) < 4.78 is 23.6. The molecule has 0 heterocycles. The smallest absolute Gasteiger partial charge is 0.387 e. The molecule has 0 aliphatic carbocycles. The molecule has 57 heavy (non-hydrogen) atoms. The number of carbonyl (C=O) groups is 1. The molecule has 0 aromatic rings. The number of hydrogen-bond acceptors (Lipinski definition) is 5. The largest absolute Gasteiger partial charge is 0.472 e. The molecule has 0 saturated heterocycles. The maximum Gasteiger partial charge on any atom is 0.472 e. The average molecular weight is 826 g/mol. The van der Waals surface area contributed by atoms with Gasteiger partial charge in [-0.1, -0.05) is 192 Å². The van der Waals surface area contributed by atoms with Crippen molar-refractivity contribution in [1.29, 1.82) is 0 Å². The van der Waals surface area contributed by atoms with E-state index in [1.54, 1.807) is 6.08 Å². The molecule has 0 aromatic carbocycles. The first kappa shape index (κ1) is 55.7. The maximum atomic E-state index is 12.9. The number of nitrogens with one attached hydrogen (secondary N) is 1. The van der Waals surface area contributed by atoms with Gasteiger partial charge in [0.1, 0.15) is 13.2 Å². The van der Waals surface area contributed by atoms with Gasteiger partial charge in [0.05, 0.1) is 39.9 Å². The predicted molar refractivity (Wildman–Crippen MR) is 244 cm³/mol. The maximum absolute atomic E-state index is 12.9. The Balaban J connectivity index is 4.27. The first-order chi connectivity index (χ1) is 27.5. The second kappa shape index (κ2) is 40.1. The van der Waals surface area contributed by atoms with Crippen LogP contribution in [-0.2, 0) is 18.4 Å². The fourth-order valence-electron chi connectivity index (χ4n) is 6.78. The molecular formula is C48H94N2O6P+. The van der Waals surface area contributed by atoms with E-state index in [0.717, 1.165) is 44.9 Å². The van der Waals surface area contributed by atoms with Gasteiger partial charge in [-0.05, 0) is 51.4 Å². The molecule has 9 heteroatoms. The Kier molecular flexibility index (Phi) is 39.2. The SMILES string of the molecule is CCCCCCC/C=C\C/C=C\CCCCCCCCCCCCCC(=O)NC(COP(=O)(O)OCC[N+](C)(C)C)C(O)/C=C/CCCCCCCCCCCC. The van der Waals surface area contributed by atoms with Gasteiger partial charge in [-0.3, -0.25) is 13.8 Å². The van der Waals surface area contributed by atoms with Crippen LogP contribution in [0.4, 0.5) is 0 Å². The summed E-state index contributed by atoms with van der Waals surface area (Å²) >= 11 is 0. The number of hydrogen-bond donors (Lipinski definition) is 3. The Morgan fingerprint density at radius 1 is 0.596 bits per heavy atom. The number of amides is 1. The van der Waals surface area contributed by atoms with Crippen LogP contribution in [-0.4, -0.2) is 73.4 Å². The van der Waals surface area contributed by atoms with Crippen molar-refractivity contribution in [1.82, 2.24) is 5.32 Å². The molecule has 8 nitrogen and oxygen atoms in total. The van der Waals surface area contributed by atoms with E-state index in [2.05, 4.69) is 43.5 Å². The van der Waals surface area contributed by atoms with E-state index in [4.69, 9.17) is 9.05 Å². The fraction of sp³-hybridized carbons (Fsp3) is 0.854. The van der Waals surface area contributed by atoms with Crippen LogP contribution in [0.2, 0.25) is 0 Å². The summed E-state index contributed by atoms with van der Waals surface area (Å²) in [6, 6.07) is -0.845. The minimum atomic E-state index is -4.34. The highest BCUT2D eigenvalue weighted by molar-refractivity contribution is 7.47. The van der Waals surface area contributed by atoms with E-state index in [9.17, 15) is 19.4 Å². The number of aliphatic hydroxyl groups is 1. The van der Waals surface area contributed by atoms with Crippen molar-refractivity contribution >= 4 is 13.7 Å². The van der Waals surface area contributed by atoms with Gasteiger partial charge in [-0.2, -0.15) is 0 Å². The molecule has 3 unspecified atom stereocenters. The number of aliphatic hydroxyl groups excluding tert-OH is 1. The standard InChI is InChI=1S/C48H93N2O6P/c1-6-8-10-12-14-16-18-20-21-22-23-24-25-26-27-28-29-30-32-34-36-38-40-42-48(52)49-46(45-56-57(53,54)55-44-43-50(3,4)5)47(51)41-39-37-35-33-31-19-17-15-13-11-9-7-2/h18,20,22-23,39,41,46-47,51H,6-17,19,21,24-38,40,42-45H2,1-5H3,(H-,49,52,53,54)/p+1/b20-18-,23-22-,41-39+. The molecule has 0 rings (SSSR count). The highest BCUT2D eigenvalue weighted by Gasteiger charge is 2.27. The van der Waals surface area contributed by atoms with Crippen molar-refractivity contribution < 1.29 is 32.9 Å². The number of likely N-dealkylation sites (N-methyl/N-ethyl adjacent to an activating group) is 1. The molecule has 3 N–H and O–H groups in total. The summed E-state index contributed by atoms with van der Waals surface area (Å²) in [6.45, 7) is 4.80. The van der Waals surface area contributed by atoms with Crippen molar-refractivity contribution in [2.75, 3.05) is 40.9 Å². The highest BCUT2D eigenvalue weighted by Crippen LogP contribution is 2.43. The Morgan fingerprint density at radius 3 is 1.44 bits per heavy atom. The van der Waals surface area contributed by atoms with E-state index in [-0.39, 0.29) is 19.1 Å².